The molecule has 0 heterocycles. The summed E-state index contributed by atoms with van der Waals surface area (Å²) in [4.78, 5) is 9.95. The fourth-order valence-corrected chi connectivity index (χ4v) is 0.0704. The number of carbonyl (C=O) groups is 1. The van der Waals surface area contributed by atoms with Crippen molar-refractivity contribution in [1.29, 1.82) is 0 Å². The smallest absolute Gasteiger partial charge is 0.210 e. The molecule has 0 fully saturated rings. The average molecular weight is 122 g/mol. The Labute approximate surface area is 45.6 Å². The standard InChI is InChI=1S/C3H4ClNO2/c1-2(6)3(4)5-7/h7H,1H3/b5-3+. The minimum absolute atomic E-state index is 0.389. The van der Waals surface area contributed by atoms with E-state index in [1.807, 2.05) is 0 Å². The molecule has 4 heteroatoms. The Hall–Kier alpha value is -0.570. The second-order valence-electron chi connectivity index (χ2n) is 0.947. The first-order valence-electron chi connectivity index (χ1n) is 1.57. The Morgan fingerprint density at radius 1 is 1.86 bits per heavy atom. The van der Waals surface area contributed by atoms with E-state index in [0.29, 0.717) is 0 Å². The normalized spacial score (nSPS) is 11.4. The van der Waals surface area contributed by atoms with Gasteiger partial charge in [0.2, 0.25) is 5.17 Å². The summed E-state index contributed by atoms with van der Waals surface area (Å²) in [6, 6.07) is 0. The lowest BCUT2D eigenvalue weighted by molar-refractivity contribution is -0.110. The molecule has 0 rings (SSSR count). The van der Waals surface area contributed by atoms with E-state index >= 15 is 0 Å². The predicted molar refractivity (Wildman–Crippen MR) is 25.8 cm³/mol. The van der Waals surface area contributed by atoms with Gasteiger partial charge in [0.1, 0.15) is 0 Å². The summed E-state index contributed by atoms with van der Waals surface area (Å²) in [6.07, 6.45) is 0. The number of carbonyl (C=O) groups excluding carboxylic acids is 1. The van der Waals surface area contributed by atoms with Crippen LogP contribution >= 0.6 is 11.6 Å². The molecule has 7 heavy (non-hydrogen) atoms. The van der Waals surface area contributed by atoms with Crippen molar-refractivity contribution in [2.45, 2.75) is 6.92 Å². The van der Waals surface area contributed by atoms with E-state index < -0.39 is 5.78 Å². The minimum atomic E-state index is -0.441. The first kappa shape index (κ1) is 6.43. The highest BCUT2D eigenvalue weighted by atomic mass is 35.5. The number of hydrogen-bond acceptors (Lipinski definition) is 3. The number of rotatable bonds is 1. The van der Waals surface area contributed by atoms with Gasteiger partial charge in [0.15, 0.2) is 5.78 Å². The summed E-state index contributed by atoms with van der Waals surface area (Å²) < 4.78 is 0. The van der Waals surface area contributed by atoms with Crippen LogP contribution in [0.15, 0.2) is 5.16 Å². The Balaban J connectivity index is 3.82. The summed E-state index contributed by atoms with van der Waals surface area (Å²) in [5.41, 5.74) is 0. The number of nitrogens with zero attached hydrogens (tertiary/aromatic N) is 1. The molecule has 0 saturated heterocycles. The zero-order valence-corrected chi connectivity index (χ0v) is 4.44. The van der Waals surface area contributed by atoms with E-state index in [-0.39, 0.29) is 5.17 Å². The van der Waals surface area contributed by atoms with Gasteiger partial charge in [-0.25, -0.2) is 0 Å². The van der Waals surface area contributed by atoms with Gasteiger partial charge in [-0.15, -0.1) is 0 Å². The van der Waals surface area contributed by atoms with Crippen LogP contribution < -0.4 is 0 Å². The van der Waals surface area contributed by atoms with Crippen molar-refractivity contribution < 1.29 is 10.0 Å². The molecule has 0 radical (unpaired) electrons. The van der Waals surface area contributed by atoms with Gasteiger partial charge < -0.3 is 5.21 Å². The lowest BCUT2D eigenvalue weighted by Crippen LogP contribution is -1.99. The van der Waals surface area contributed by atoms with Crippen LogP contribution in [-0.2, 0) is 4.79 Å². The SMILES string of the molecule is CC(=O)/C(Cl)=N\O. The van der Waals surface area contributed by atoms with Crippen molar-refractivity contribution in [2.24, 2.45) is 5.16 Å². The molecule has 0 atom stereocenters. The third-order valence-corrected chi connectivity index (χ3v) is 0.720. The maximum Gasteiger partial charge on any atom is 0.210 e. The summed E-state index contributed by atoms with van der Waals surface area (Å²) in [6.45, 7) is 1.21. The highest BCUT2D eigenvalue weighted by Gasteiger charge is 1.97. The highest BCUT2D eigenvalue weighted by molar-refractivity contribution is 6.82. The molecule has 1 N–H and O–H groups in total. The van der Waals surface area contributed by atoms with Crippen LogP contribution in [-0.4, -0.2) is 16.2 Å². The van der Waals surface area contributed by atoms with Gasteiger partial charge in [0.05, 0.1) is 0 Å². The Morgan fingerprint density at radius 2 is 2.29 bits per heavy atom. The molecule has 0 saturated carbocycles. The van der Waals surface area contributed by atoms with Gasteiger partial charge in [-0.1, -0.05) is 16.8 Å². The van der Waals surface area contributed by atoms with Crippen LogP contribution in [0.3, 0.4) is 0 Å². The number of halogens is 1. The van der Waals surface area contributed by atoms with E-state index in [4.69, 9.17) is 16.8 Å². The summed E-state index contributed by atoms with van der Waals surface area (Å²) in [7, 11) is 0. The molecule has 40 valence electrons. The lowest BCUT2D eigenvalue weighted by atomic mass is 10.5. The Bertz CT molecular complexity index is 110. The van der Waals surface area contributed by atoms with Crippen LogP contribution in [0.2, 0.25) is 0 Å². The molecule has 0 spiro atoms. The molecular weight excluding hydrogens is 117 g/mol. The molecule has 0 aromatic rings. The van der Waals surface area contributed by atoms with Crippen molar-refractivity contribution in [1.82, 2.24) is 0 Å². The number of hydrogen-bond donors (Lipinski definition) is 1. The van der Waals surface area contributed by atoms with E-state index in [1.54, 1.807) is 0 Å². The molecule has 0 aliphatic carbocycles. The quantitative estimate of drug-likeness (QED) is 0.314. The molecule has 0 unspecified atom stereocenters. The molecular formula is C3H4ClNO2. The molecule has 0 aliphatic heterocycles. The Kier molecular flexibility index (Phi) is 2.37. The minimum Gasteiger partial charge on any atom is -0.410 e. The largest absolute Gasteiger partial charge is 0.410 e. The highest BCUT2D eigenvalue weighted by Crippen LogP contribution is 1.83. The van der Waals surface area contributed by atoms with E-state index in [2.05, 4.69) is 5.16 Å². The van der Waals surface area contributed by atoms with Crippen LogP contribution in [0.5, 0.6) is 0 Å². The molecule has 0 aromatic carbocycles. The zero-order chi connectivity index (χ0) is 5.86. The summed E-state index contributed by atoms with van der Waals surface area (Å²) >= 11 is 4.95. The van der Waals surface area contributed by atoms with Crippen LogP contribution in [0.4, 0.5) is 0 Å². The van der Waals surface area contributed by atoms with E-state index in [0.717, 1.165) is 0 Å². The van der Waals surface area contributed by atoms with Gasteiger partial charge in [-0.05, 0) is 0 Å². The van der Waals surface area contributed by atoms with Crippen LogP contribution in [0, 0.1) is 0 Å². The molecule has 3 nitrogen and oxygen atoms in total. The zero-order valence-electron chi connectivity index (χ0n) is 3.68. The maximum absolute atomic E-state index is 9.95. The Morgan fingerprint density at radius 3 is 2.29 bits per heavy atom. The fourth-order valence-electron chi connectivity index (χ4n) is 0.0704. The van der Waals surface area contributed by atoms with Gasteiger partial charge in [-0.2, -0.15) is 0 Å². The second-order valence-corrected chi connectivity index (χ2v) is 1.31. The van der Waals surface area contributed by atoms with E-state index in [9.17, 15) is 4.79 Å². The van der Waals surface area contributed by atoms with Crippen molar-refractivity contribution >= 4 is 22.6 Å². The van der Waals surface area contributed by atoms with Crippen LogP contribution in [0.25, 0.3) is 0 Å². The average Bonchev–Trinajstić information content (AvgIpc) is 1.65. The molecule has 0 aromatic heterocycles. The molecule has 0 bridgehead atoms. The number of ketones is 1. The van der Waals surface area contributed by atoms with Gasteiger partial charge >= 0.3 is 0 Å². The summed E-state index contributed by atoms with van der Waals surface area (Å²) in [5, 5.41) is 9.77. The van der Waals surface area contributed by atoms with Crippen LogP contribution in [0.1, 0.15) is 6.92 Å². The van der Waals surface area contributed by atoms with Gasteiger partial charge in [0.25, 0.3) is 0 Å². The van der Waals surface area contributed by atoms with Crippen molar-refractivity contribution in [3.8, 4) is 0 Å². The summed E-state index contributed by atoms with van der Waals surface area (Å²) in [5.74, 6) is -0.441. The molecule has 0 amide bonds. The first-order valence-corrected chi connectivity index (χ1v) is 1.94. The number of oxime groups is 1. The number of Topliss-reactive ketones (excluding diaryl/α,β-unsaturated/α-hetero) is 1. The third-order valence-electron chi connectivity index (χ3n) is 0.378. The second kappa shape index (κ2) is 2.58. The predicted octanol–water partition coefficient (Wildman–Crippen LogP) is 0.602. The first-order chi connectivity index (χ1) is 3.18. The van der Waals surface area contributed by atoms with Gasteiger partial charge in [0, 0.05) is 6.92 Å². The van der Waals surface area contributed by atoms with Crippen molar-refractivity contribution in [2.75, 3.05) is 0 Å². The van der Waals surface area contributed by atoms with Gasteiger partial charge in [-0.3, -0.25) is 4.79 Å². The lowest BCUT2D eigenvalue weighted by Gasteiger charge is -1.79. The molecule has 0 aliphatic rings. The van der Waals surface area contributed by atoms with Crippen molar-refractivity contribution in [3.05, 3.63) is 0 Å². The maximum atomic E-state index is 9.95. The monoisotopic (exact) mass is 121 g/mol. The topological polar surface area (TPSA) is 49.7 Å². The van der Waals surface area contributed by atoms with E-state index in [1.165, 1.54) is 6.92 Å². The fraction of sp³-hybridized carbons (Fsp3) is 0.333. The van der Waals surface area contributed by atoms with Crippen molar-refractivity contribution in [3.63, 3.8) is 0 Å². The third kappa shape index (κ3) is 2.17.